The predicted octanol–water partition coefficient (Wildman–Crippen LogP) is 2.70. The zero-order chi connectivity index (χ0) is 18.7. The number of anilines is 1. The fourth-order valence-electron chi connectivity index (χ4n) is 3.07. The third-order valence-corrected chi connectivity index (χ3v) is 4.33. The van der Waals surface area contributed by atoms with Crippen LogP contribution >= 0.6 is 0 Å². The van der Waals surface area contributed by atoms with Gasteiger partial charge in [0.05, 0.1) is 11.1 Å². The summed E-state index contributed by atoms with van der Waals surface area (Å²) in [4.78, 5) is 39.8. The van der Waals surface area contributed by atoms with Gasteiger partial charge in [-0.3, -0.25) is 19.3 Å². The van der Waals surface area contributed by atoms with E-state index >= 15 is 0 Å². The quantitative estimate of drug-likeness (QED) is 0.454. The first-order valence-electron chi connectivity index (χ1n) is 8.49. The summed E-state index contributed by atoms with van der Waals surface area (Å²) in [6, 6.07) is 16.1. The molecule has 2 amide bonds. The van der Waals surface area contributed by atoms with Crippen LogP contribution in [0.25, 0.3) is 0 Å². The number of ether oxygens (including phenoxy) is 1. The highest BCUT2D eigenvalue weighted by molar-refractivity contribution is 6.22. The van der Waals surface area contributed by atoms with Crippen molar-refractivity contribution in [3.8, 4) is 0 Å². The second kappa shape index (κ2) is 7.39. The number of fused-ring (bicyclic) bond motifs is 1. The molecule has 1 aliphatic heterocycles. The molecule has 0 spiro atoms. The summed E-state index contributed by atoms with van der Waals surface area (Å²) in [5.74, 6) is -1.56. The van der Waals surface area contributed by atoms with Crippen LogP contribution < -0.4 is 4.90 Å². The third-order valence-electron chi connectivity index (χ3n) is 4.33. The van der Waals surface area contributed by atoms with Crippen LogP contribution in [0.5, 0.6) is 0 Å². The van der Waals surface area contributed by atoms with E-state index in [0.717, 1.165) is 10.6 Å². The minimum absolute atomic E-state index is 0.317. The first-order valence-corrected chi connectivity index (χ1v) is 8.49. The van der Waals surface area contributed by atoms with E-state index in [4.69, 9.17) is 4.74 Å². The fraction of sp³-hybridized carbons (Fsp3) is 0.250. The lowest BCUT2D eigenvalue weighted by atomic mass is 10.1. The normalized spacial score (nSPS) is 14.2. The number of nitrogens with zero attached hydrogens (tertiary/aromatic N) is 2. The second-order valence-electron chi connectivity index (χ2n) is 5.95. The molecule has 0 fully saturated rings. The molecule has 0 saturated heterocycles. The van der Waals surface area contributed by atoms with Crippen molar-refractivity contribution in [1.29, 1.82) is 0 Å². The molecule has 0 bridgehead atoms. The Morgan fingerprint density at radius 1 is 1.00 bits per heavy atom. The van der Waals surface area contributed by atoms with Gasteiger partial charge in [0, 0.05) is 12.2 Å². The van der Waals surface area contributed by atoms with Crippen molar-refractivity contribution in [3.63, 3.8) is 0 Å². The zero-order valence-electron chi connectivity index (χ0n) is 14.7. The molecule has 6 nitrogen and oxygen atoms in total. The molecule has 0 N–H and O–H groups in total. The number of hydrogen-bond acceptors (Lipinski definition) is 5. The van der Waals surface area contributed by atoms with Crippen LogP contribution in [0.1, 0.15) is 34.6 Å². The van der Waals surface area contributed by atoms with Gasteiger partial charge in [0.1, 0.15) is 6.54 Å². The number of amides is 2. The van der Waals surface area contributed by atoms with E-state index in [1.807, 2.05) is 42.2 Å². The maximum absolute atomic E-state index is 12.3. The van der Waals surface area contributed by atoms with Crippen molar-refractivity contribution in [3.05, 3.63) is 65.7 Å². The van der Waals surface area contributed by atoms with Crippen molar-refractivity contribution >= 4 is 23.5 Å². The SMILES string of the molecule is CCN(c1ccccc1)C(C)OC(=O)CN1C(=O)c2ccccc2C1=O. The lowest BCUT2D eigenvalue weighted by Gasteiger charge is -2.30. The van der Waals surface area contributed by atoms with Crippen LogP contribution in [0.3, 0.4) is 0 Å². The lowest BCUT2D eigenvalue weighted by Crippen LogP contribution is -2.41. The molecule has 3 rings (SSSR count). The van der Waals surface area contributed by atoms with Crippen molar-refractivity contribution in [2.75, 3.05) is 18.0 Å². The molecule has 0 saturated carbocycles. The standard InChI is InChI=1S/C20H20N2O4/c1-3-21(15-9-5-4-6-10-15)14(2)26-18(23)13-22-19(24)16-11-7-8-12-17(16)20(22)25/h4-12,14H,3,13H2,1-2H3. The Kier molecular flexibility index (Phi) is 5.02. The van der Waals surface area contributed by atoms with Crippen LogP contribution in [-0.4, -0.2) is 42.0 Å². The highest BCUT2D eigenvalue weighted by atomic mass is 16.6. The minimum Gasteiger partial charge on any atom is -0.441 e. The van der Waals surface area contributed by atoms with Gasteiger partial charge in [0.15, 0.2) is 6.23 Å². The summed E-state index contributed by atoms with van der Waals surface area (Å²) in [6.07, 6.45) is -0.523. The van der Waals surface area contributed by atoms with Crippen LogP contribution in [0, 0.1) is 0 Å². The maximum atomic E-state index is 12.3. The minimum atomic E-state index is -0.624. The third kappa shape index (κ3) is 3.31. The Bertz CT molecular complexity index is 800. The van der Waals surface area contributed by atoms with Crippen molar-refractivity contribution in [2.24, 2.45) is 0 Å². The first kappa shape index (κ1) is 17.7. The number of hydrogen-bond donors (Lipinski definition) is 0. The maximum Gasteiger partial charge on any atom is 0.328 e. The highest BCUT2D eigenvalue weighted by Crippen LogP contribution is 2.22. The molecule has 1 unspecified atom stereocenters. The number of para-hydroxylation sites is 1. The Morgan fingerprint density at radius 3 is 2.08 bits per heavy atom. The van der Waals surface area contributed by atoms with Gasteiger partial charge in [0.2, 0.25) is 0 Å². The van der Waals surface area contributed by atoms with Crippen LogP contribution in [0.4, 0.5) is 5.69 Å². The molecule has 2 aromatic carbocycles. The fourth-order valence-corrected chi connectivity index (χ4v) is 3.07. The van der Waals surface area contributed by atoms with E-state index in [9.17, 15) is 14.4 Å². The number of carbonyl (C=O) groups is 3. The molecule has 134 valence electrons. The smallest absolute Gasteiger partial charge is 0.328 e. The largest absolute Gasteiger partial charge is 0.441 e. The van der Waals surface area contributed by atoms with Gasteiger partial charge < -0.3 is 9.64 Å². The van der Waals surface area contributed by atoms with Gasteiger partial charge in [-0.05, 0) is 38.1 Å². The van der Waals surface area contributed by atoms with Crippen molar-refractivity contribution in [1.82, 2.24) is 4.90 Å². The molecule has 2 aromatic rings. The number of benzene rings is 2. The van der Waals surface area contributed by atoms with E-state index in [0.29, 0.717) is 17.7 Å². The number of carbonyl (C=O) groups excluding carboxylic acids is 3. The topological polar surface area (TPSA) is 66.9 Å². The molecule has 1 heterocycles. The van der Waals surface area contributed by atoms with E-state index in [2.05, 4.69) is 0 Å². The first-order chi connectivity index (χ1) is 12.5. The Morgan fingerprint density at radius 2 is 1.54 bits per heavy atom. The molecule has 6 heteroatoms. The molecule has 0 aliphatic carbocycles. The number of imide groups is 1. The van der Waals surface area contributed by atoms with E-state index in [-0.39, 0.29) is 0 Å². The predicted molar refractivity (Wildman–Crippen MR) is 96.8 cm³/mol. The average molecular weight is 352 g/mol. The van der Waals surface area contributed by atoms with Gasteiger partial charge in [-0.25, -0.2) is 0 Å². The van der Waals surface area contributed by atoms with Gasteiger partial charge in [0.25, 0.3) is 11.8 Å². The second-order valence-corrected chi connectivity index (χ2v) is 5.95. The molecular formula is C20H20N2O4. The molecule has 0 radical (unpaired) electrons. The van der Waals surface area contributed by atoms with Crippen molar-refractivity contribution in [2.45, 2.75) is 20.1 Å². The summed E-state index contributed by atoms with van der Waals surface area (Å²) in [5, 5.41) is 0. The Hall–Kier alpha value is -3.15. The van der Waals surface area contributed by atoms with Gasteiger partial charge >= 0.3 is 5.97 Å². The Labute approximate surface area is 152 Å². The summed E-state index contributed by atoms with van der Waals surface area (Å²) < 4.78 is 5.46. The molecule has 1 atom stereocenters. The summed E-state index contributed by atoms with van der Waals surface area (Å²) in [5.41, 5.74) is 1.56. The lowest BCUT2D eigenvalue weighted by molar-refractivity contribution is -0.148. The van der Waals surface area contributed by atoms with Gasteiger partial charge in [-0.1, -0.05) is 30.3 Å². The van der Waals surface area contributed by atoms with E-state index < -0.39 is 30.6 Å². The van der Waals surface area contributed by atoms with E-state index in [1.54, 1.807) is 31.2 Å². The summed E-state index contributed by atoms with van der Waals surface area (Å²) in [7, 11) is 0. The van der Waals surface area contributed by atoms with Crippen LogP contribution in [0.2, 0.25) is 0 Å². The molecule has 1 aliphatic rings. The Balaban J connectivity index is 1.66. The van der Waals surface area contributed by atoms with E-state index in [1.165, 1.54) is 0 Å². The van der Waals surface area contributed by atoms with Crippen LogP contribution in [0.15, 0.2) is 54.6 Å². The molecule has 26 heavy (non-hydrogen) atoms. The highest BCUT2D eigenvalue weighted by Gasteiger charge is 2.37. The average Bonchev–Trinajstić information content (AvgIpc) is 2.88. The summed E-state index contributed by atoms with van der Waals surface area (Å²) >= 11 is 0. The number of esters is 1. The molecule has 0 aromatic heterocycles. The molecular weight excluding hydrogens is 332 g/mol. The summed E-state index contributed by atoms with van der Waals surface area (Å²) in [6.45, 7) is 3.97. The van der Waals surface area contributed by atoms with Crippen LogP contribution in [-0.2, 0) is 9.53 Å². The van der Waals surface area contributed by atoms with Gasteiger partial charge in [-0.2, -0.15) is 0 Å². The zero-order valence-corrected chi connectivity index (χ0v) is 14.7. The monoisotopic (exact) mass is 352 g/mol. The van der Waals surface area contributed by atoms with Crippen molar-refractivity contribution < 1.29 is 19.1 Å². The number of rotatable bonds is 6. The van der Waals surface area contributed by atoms with Gasteiger partial charge in [-0.15, -0.1) is 0 Å².